The Balaban J connectivity index is 1.62. The molecule has 2 atom stereocenters. The van der Waals surface area contributed by atoms with E-state index in [1.807, 2.05) is 24.3 Å². The molecule has 1 amide bonds. The minimum absolute atomic E-state index is 0.123. The number of nitrogens with one attached hydrogen (secondary N) is 2. The zero-order chi connectivity index (χ0) is 18.8. The summed E-state index contributed by atoms with van der Waals surface area (Å²) in [7, 11) is 0. The van der Waals surface area contributed by atoms with Gasteiger partial charge in [0.05, 0.1) is 0 Å². The summed E-state index contributed by atoms with van der Waals surface area (Å²) in [5.41, 5.74) is 8.82. The number of hydrogen-bond acceptors (Lipinski definition) is 2. The molecular formula is C22H24FN3O. The Morgan fingerprint density at radius 3 is 2.59 bits per heavy atom. The molecule has 1 heterocycles. The van der Waals surface area contributed by atoms with Crippen molar-refractivity contribution in [3.8, 4) is 11.1 Å². The molecule has 1 aliphatic rings. The highest BCUT2D eigenvalue weighted by atomic mass is 19.1. The summed E-state index contributed by atoms with van der Waals surface area (Å²) in [4.78, 5) is 16.2. The first-order valence-electron chi connectivity index (χ1n) is 9.50. The van der Waals surface area contributed by atoms with Gasteiger partial charge in [-0.3, -0.25) is 4.79 Å². The summed E-state index contributed by atoms with van der Waals surface area (Å²) in [5, 5.41) is 4.04. The number of benzene rings is 2. The van der Waals surface area contributed by atoms with Crippen LogP contribution in [0.1, 0.15) is 29.8 Å². The number of carbonyl (C=O) groups is 1. The lowest BCUT2D eigenvalue weighted by molar-refractivity contribution is 0.0943. The number of aromatic amines is 1. The summed E-state index contributed by atoms with van der Waals surface area (Å²) in [6.07, 6.45) is 3.33. The quantitative estimate of drug-likeness (QED) is 0.638. The Hall–Kier alpha value is -2.66. The van der Waals surface area contributed by atoms with E-state index < -0.39 is 0 Å². The molecule has 1 saturated carbocycles. The highest BCUT2D eigenvalue weighted by Crippen LogP contribution is 2.33. The van der Waals surface area contributed by atoms with Crippen molar-refractivity contribution < 1.29 is 9.18 Å². The van der Waals surface area contributed by atoms with E-state index in [0.717, 1.165) is 47.8 Å². The molecule has 0 unspecified atom stereocenters. The Kier molecular flexibility index (Phi) is 4.94. The van der Waals surface area contributed by atoms with Crippen molar-refractivity contribution in [2.75, 3.05) is 13.1 Å². The predicted molar refractivity (Wildman–Crippen MR) is 106 cm³/mol. The maximum absolute atomic E-state index is 13.4. The van der Waals surface area contributed by atoms with E-state index in [1.165, 1.54) is 12.1 Å². The molecule has 4 nitrogen and oxygen atoms in total. The van der Waals surface area contributed by atoms with E-state index in [1.54, 1.807) is 12.1 Å². The third-order valence-electron chi connectivity index (χ3n) is 5.60. The lowest BCUT2D eigenvalue weighted by atomic mass is 10.0. The van der Waals surface area contributed by atoms with Crippen LogP contribution in [0.2, 0.25) is 0 Å². The average Bonchev–Trinajstić information content (AvgIpc) is 3.31. The van der Waals surface area contributed by atoms with Crippen LogP contribution in [0.25, 0.3) is 22.0 Å². The molecule has 0 spiro atoms. The molecule has 1 aromatic heterocycles. The minimum atomic E-state index is -0.291. The number of carbonyl (C=O) groups excluding carboxylic acids is 1. The molecule has 27 heavy (non-hydrogen) atoms. The van der Waals surface area contributed by atoms with Gasteiger partial charge in [0.25, 0.3) is 5.91 Å². The number of aromatic nitrogens is 1. The van der Waals surface area contributed by atoms with Gasteiger partial charge in [0, 0.05) is 23.0 Å². The first-order valence-corrected chi connectivity index (χ1v) is 9.50. The number of amides is 1. The molecule has 2 aromatic carbocycles. The maximum atomic E-state index is 13.4. The van der Waals surface area contributed by atoms with E-state index in [0.29, 0.717) is 24.1 Å². The fraction of sp³-hybridized carbons (Fsp3) is 0.318. The van der Waals surface area contributed by atoms with Crippen LogP contribution in [-0.4, -0.2) is 24.0 Å². The van der Waals surface area contributed by atoms with Crippen molar-refractivity contribution in [3.05, 3.63) is 60.0 Å². The van der Waals surface area contributed by atoms with Gasteiger partial charge in [-0.1, -0.05) is 30.3 Å². The van der Waals surface area contributed by atoms with E-state index in [9.17, 15) is 9.18 Å². The van der Waals surface area contributed by atoms with Crippen LogP contribution in [0, 0.1) is 17.7 Å². The zero-order valence-electron chi connectivity index (χ0n) is 15.2. The highest BCUT2D eigenvalue weighted by Gasteiger charge is 2.25. The second-order valence-electron chi connectivity index (χ2n) is 7.42. The van der Waals surface area contributed by atoms with Gasteiger partial charge in [-0.05, 0) is 61.4 Å². The predicted octanol–water partition coefficient (Wildman–Crippen LogP) is 4.08. The van der Waals surface area contributed by atoms with E-state index in [4.69, 9.17) is 5.73 Å². The third-order valence-corrected chi connectivity index (χ3v) is 5.60. The first-order chi connectivity index (χ1) is 13.2. The van der Waals surface area contributed by atoms with Gasteiger partial charge < -0.3 is 16.0 Å². The van der Waals surface area contributed by atoms with Gasteiger partial charge in [0.2, 0.25) is 0 Å². The van der Waals surface area contributed by atoms with Crippen LogP contribution in [0.3, 0.4) is 0 Å². The normalized spacial score (nSPS) is 19.5. The molecule has 0 saturated heterocycles. The van der Waals surface area contributed by atoms with Crippen molar-refractivity contribution in [3.63, 3.8) is 0 Å². The van der Waals surface area contributed by atoms with Crippen LogP contribution in [0.5, 0.6) is 0 Å². The third kappa shape index (κ3) is 3.60. The Bertz CT molecular complexity index is 948. The van der Waals surface area contributed by atoms with Gasteiger partial charge in [-0.25, -0.2) is 4.39 Å². The van der Waals surface area contributed by atoms with Gasteiger partial charge in [0.15, 0.2) is 0 Å². The van der Waals surface area contributed by atoms with Crippen LogP contribution in [0.15, 0.2) is 48.5 Å². The number of fused-ring (bicyclic) bond motifs is 1. The molecule has 4 rings (SSSR count). The average molecular weight is 365 g/mol. The topological polar surface area (TPSA) is 70.9 Å². The van der Waals surface area contributed by atoms with Crippen molar-refractivity contribution in [2.45, 2.75) is 19.3 Å². The SMILES string of the molecule is NC[C@H]1CC[C@H](CNC(=O)c2[nH]c3ccccc3c2-c2ccc(F)cc2)C1. The van der Waals surface area contributed by atoms with Crippen LogP contribution < -0.4 is 11.1 Å². The molecule has 140 valence electrons. The highest BCUT2D eigenvalue weighted by molar-refractivity contribution is 6.09. The van der Waals surface area contributed by atoms with Crippen molar-refractivity contribution >= 4 is 16.8 Å². The fourth-order valence-corrected chi connectivity index (χ4v) is 4.13. The van der Waals surface area contributed by atoms with Crippen LogP contribution in [-0.2, 0) is 0 Å². The minimum Gasteiger partial charge on any atom is -0.350 e. The number of para-hydroxylation sites is 1. The molecule has 5 heteroatoms. The van der Waals surface area contributed by atoms with E-state index in [2.05, 4.69) is 10.3 Å². The Morgan fingerprint density at radius 1 is 1.11 bits per heavy atom. The Labute approximate surface area is 158 Å². The van der Waals surface area contributed by atoms with Gasteiger partial charge in [-0.15, -0.1) is 0 Å². The van der Waals surface area contributed by atoms with Gasteiger partial charge in [0.1, 0.15) is 11.5 Å². The lowest BCUT2D eigenvalue weighted by Gasteiger charge is -2.12. The number of rotatable bonds is 5. The monoisotopic (exact) mass is 365 g/mol. The molecule has 4 N–H and O–H groups in total. The number of nitrogens with two attached hydrogens (primary N) is 1. The van der Waals surface area contributed by atoms with Crippen molar-refractivity contribution in [1.29, 1.82) is 0 Å². The number of hydrogen-bond donors (Lipinski definition) is 3. The standard InChI is InChI=1S/C22H24FN3O/c23-17-9-7-16(8-10-17)20-18-3-1-2-4-19(18)26-21(20)22(27)25-13-15-6-5-14(11-15)12-24/h1-4,7-10,14-15,26H,5-6,11-13,24H2,(H,25,27)/t14-,15-/m0/s1. The fourth-order valence-electron chi connectivity index (χ4n) is 4.13. The maximum Gasteiger partial charge on any atom is 0.268 e. The molecule has 0 radical (unpaired) electrons. The molecule has 0 bridgehead atoms. The van der Waals surface area contributed by atoms with Gasteiger partial charge in [-0.2, -0.15) is 0 Å². The van der Waals surface area contributed by atoms with Crippen molar-refractivity contribution in [1.82, 2.24) is 10.3 Å². The van der Waals surface area contributed by atoms with Gasteiger partial charge >= 0.3 is 0 Å². The summed E-state index contributed by atoms with van der Waals surface area (Å²) in [5.74, 6) is 0.651. The molecule has 1 aliphatic carbocycles. The summed E-state index contributed by atoms with van der Waals surface area (Å²) in [6.45, 7) is 1.38. The Morgan fingerprint density at radius 2 is 1.85 bits per heavy atom. The van der Waals surface area contributed by atoms with Crippen LogP contribution >= 0.6 is 0 Å². The first kappa shape index (κ1) is 17.7. The summed E-state index contributed by atoms with van der Waals surface area (Å²) in [6, 6.07) is 14.1. The van der Waals surface area contributed by atoms with Crippen LogP contribution in [0.4, 0.5) is 4.39 Å². The lowest BCUT2D eigenvalue weighted by Crippen LogP contribution is -2.29. The molecule has 3 aromatic rings. The summed E-state index contributed by atoms with van der Waals surface area (Å²) >= 11 is 0. The zero-order valence-corrected chi connectivity index (χ0v) is 15.2. The smallest absolute Gasteiger partial charge is 0.268 e. The van der Waals surface area contributed by atoms with E-state index >= 15 is 0 Å². The van der Waals surface area contributed by atoms with Crippen molar-refractivity contribution in [2.24, 2.45) is 17.6 Å². The molecular weight excluding hydrogens is 341 g/mol. The second kappa shape index (κ2) is 7.53. The second-order valence-corrected chi connectivity index (χ2v) is 7.42. The largest absolute Gasteiger partial charge is 0.350 e. The number of halogens is 1. The molecule has 0 aliphatic heterocycles. The van der Waals surface area contributed by atoms with E-state index in [-0.39, 0.29) is 11.7 Å². The molecule has 1 fully saturated rings. The summed E-state index contributed by atoms with van der Waals surface area (Å²) < 4.78 is 13.4. The number of H-pyrrole nitrogens is 1.